The number of hydrogen-bond acceptors (Lipinski definition) is 13. The Hall–Kier alpha value is -7.62. The Morgan fingerprint density at radius 3 is 1.91 bits per heavy atom. The van der Waals surface area contributed by atoms with Gasteiger partial charge in [0.15, 0.2) is 0 Å². The van der Waals surface area contributed by atoms with Gasteiger partial charge in [-0.1, -0.05) is 140 Å². The molecule has 3 aliphatic rings. The van der Waals surface area contributed by atoms with Crippen LogP contribution in [0.4, 0.5) is 15.3 Å². The van der Waals surface area contributed by atoms with Crippen molar-refractivity contribution in [2.24, 2.45) is 23.7 Å². The molecule has 8 amide bonds. The SMILES string of the molecule is CC[C@H](C)[C@@H]([C@@H](CC(=O)N1CCC[C@H]1[C@H](OC)[C@@H](C)C(=O)N[C@H](C)C[C@]1(O)C=CC=CC1)OC)N(C)C(=O)[C@@H](NC(=O)[C@H](C(C)C)N(C)C(=O)OCc1ccc(NC(=O)[C@H](C)NC(=O)[C@H](C)NC(=O)OCC2c3ccccc3-c3ccccc32)cc1)C(C)C. The number of amides is 8. The van der Waals surface area contributed by atoms with E-state index in [9.17, 15) is 43.5 Å². The van der Waals surface area contributed by atoms with E-state index in [2.05, 4.69) is 26.6 Å². The number of nitrogens with one attached hydrogen (secondary N) is 5. The third kappa shape index (κ3) is 18.1. The first kappa shape index (κ1) is 70.5. The van der Waals surface area contributed by atoms with Gasteiger partial charge in [0, 0.05) is 52.5 Å². The van der Waals surface area contributed by atoms with Gasteiger partial charge >= 0.3 is 12.2 Å². The molecule has 21 nitrogen and oxygen atoms in total. The van der Waals surface area contributed by atoms with Crippen LogP contribution in [-0.4, -0.2) is 169 Å². The summed E-state index contributed by atoms with van der Waals surface area (Å²) in [5.41, 5.74) is 4.22. The molecular weight excluding hydrogens is 1140 g/mol. The maximum Gasteiger partial charge on any atom is 0.410 e. The van der Waals surface area contributed by atoms with Crippen LogP contribution in [0.5, 0.6) is 0 Å². The summed E-state index contributed by atoms with van der Waals surface area (Å²) in [4.78, 5) is 115. The minimum atomic E-state index is -1.06. The molecule has 1 aliphatic heterocycles. The lowest BCUT2D eigenvalue weighted by molar-refractivity contribution is -0.148. The van der Waals surface area contributed by atoms with Gasteiger partial charge in [0.05, 0.1) is 42.2 Å². The van der Waals surface area contributed by atoms with E-state index in [-0.39, 0.29) is 49.3 Å². The summed E-state index contributed by atoms with van der Waals surface area (Å²) in [6, 6.07) is 17.1. The van der Waals surface area contributed by atoms with Crippen molar-refractivity contribution in [3.05, 3.63) is 114 Å². The summed E-state index contributed by atoms with van der Waals surface area (Å²) in [6.07, 6.45) is 7.08. The third-order valence-electron chi connectivity index (χ3n) is 17.7. The lowest BCUT2D eigenvalue weighted by atomic mass is 9.88. The molecule has 12 atom stereocenters. The number of rotatable bonds is 29. The minimum absolute atomic E-state index is 0.0639. The highest BCUT2D eigenvalue weighted by molar-refractivity contribution is 5.98. The molecule has 3 aromatic carbocycles. The summed E-state index contributed by atoms with van der Waals surface area (Å²) in [5.74, 6) is -4.25. The van der Waals surface area contributed by atoms with E-state index in [0.717, 1.165) is 22.3 Å². The molecule has 21 heteroatoms. The van der Waals surface area contributed by atoms with Gasteiger partial charge in [-0.05, 0) is 104 Å². The average Bonchev–Trinajstić information content (AvgIpc) is 1.73. The molecule has 0 unspecified atom stereocenters. The van der Waals surface area contributed by atoms with Gasteiger partial charge in [0.25, 0.3) is 0 Å². The first-order valence-electron chi connectivity index (χ1n) is 31.2. The predicted molar refractivity (Wildman–Crippen MR) is 340 cm³/mol. The maximum atomic E-state index is 14.8. The highest BCUT2D eigenvalue weighted by Gasteiger charge is 2.44. The molecule has 1 heterocycles. The molecule has 3 aromatic rings. The maximum absolute atomic E-state index is 14.8. The number of likely N-dealkylation sites (tertiary alicyclic amines) is 1. The predicted octanol–water partition coefficient (Wildman–Crippen LogP) is 7.85. The topological polar surface area (TPSA) is 264 Å². The number of hydrogen-bond donors (Lipinski definition) is 6. The molecule has 6 rings (SSSR count). The van der Waals surface area contributed by atoms with Crippen LogP contribution in [0.2, 0.25) is 0 Å². The van der Waals surface area contributed by atoms with Crippen LogP contribution in [0.1, 0.15) is 130 Å². The van der Waals surface area contributed by atoms with Crippen LogP contribution >= 0.6 is 0 Å². The molecule has 0 saturated carbocycles. The molecule has 486 valence electrons. The second-order valence-electron chi connectivity index (χ2n) is 25.0. The highest BCUT2D eigenvalue weighted by Crippen LogP contribution is 2.44. The lowest BCUT2D eigenvalue weighted by Gasteiger charge is -2.41. The van der Waals surface area contributed by atoms with E-state index in [0.29, 0.717) is 49.9 Å². The molecule has 1 fully saturated rings. The monoisotopic (exact) mass is 1230 g/mol. The fraction of sp³-hybridized carbons (Fsp3) is 0.559. The first-order valence-corrected chi connectivity index (χ1v) is 31.2. The van der Waals surface area contributed by atoms with E-state index in [4.69, 9.17) is 18.9 Å². The zero-order valence-corrected chi connectivity index (χ0v) is 54.4. The minimum Gasteiger partial charge on any atom is -0.449 e. The molecule has 89 heavy (non-hydrogen) atoms. The second kappa shape index (κ2) is 32.2. The van der Waals surface area contributed by atoms with Crippen molar-refractivity contribution < 1.29 is 62.4 Å². The number of nitrogens with zero attached hydrogens (tertiary/aromatic N) is 3. The van der Waals surface area contributed by atoms with Crippen molar-refractivity contribution in [2.75, 3.05) is 46.8 Å². The third-order valence-corrected chi connectivity index (χ3v) is 17.7. The van der Waals surface area contributed by atoms with Gasteiger partial charge in [-0.25, -0.2) is 9.59 Å². The number of likely N-dealkylation sites (N-methyl/N-ethyl adjacent to an activating group) is 2. The van der Waals surface area contributed by atoms with Crippen molar-refractivity contribution in [3.8, 4) is 11.1 Å². The number of allylic oxidation sites excluding steroid dienone is 2. The molecule has 2 aliphatic carbocycles. The quantitative estimate of drug-likeness (QED) is 0.0387. The Labute approximate surface area is 525 Å². The highest BCUT2D eigenvalue weighted by atomic mass is 16.6. The Kier molecular flexibility index (Phi) is 25.5. The Balaban J connectivity index is 0.983. The van der Waals surface area contributed by atoms with Crippen LogP contribution in [0, 0.1) is 23.7 Å². The number of carbonyl (C=O) groups excluding carboxylic acids is 8. The van der Waals surface area contributed by atoms with Gasteiger partial charge in [-0.3, -0.25) is 33.7 Å². The number of carbonyl (C=O) groups is 8. The number of fused-ring (bicyclic) bond motifs is 3. The Bertz CT molecular complexity index is 2960. The summed E-state index contributed by atoms with van der Waals surface area (Å²) < 4.78 is 23.3. The Morgan fingerprint density at radius 2 is 1.34 bits per heavy atom. The molecule has 6 N–H and O–H groups in total. The van der Waals surface area contributed by atoms with Crippen LogP contribution in [0.25, 0.3) is 11.1 Å². The van der Waals surface area contributed by atoms with Gasteiger partial charge < -0.3 is 60.4 Å². The molecule has 0 bridgehead atoms. The second-order valence-corrected chi connectivity index (χ2v) is 25.0. The summed E-state index contributed by atoms with van der Waals surface area (Å²) >= 11 is 0. The summed E-state index contributed by atoms with van der Waals surface area (Å²) in [5, 5.41) is 24.9. The van der Waals surface area contributed by atoms with Crippen LogP contribution in [0.15, 0.2) is 97.1 Å². The number of aliphatic hydroxyl groups is 1. The zero-order chi connectivity index (χ0) is 65.4. The van der Waals surface area contributed by atoms with Crippen molar-refractivity contribution in [2.45, 2.75) is 180 Å². The van der Waals surface area contributed by atoms with E-state index < -0.39 is 108 Å². The van der Waals surface area contributed by atoms with Crippen LogP contribution < -0.4 is 26.6 Å². The summed E-state index contributed by atoms with van der Waals surface area (Å²) in [7, 11) is 6.17. The number of methoxy groups -OCH3 is 2. The largest absolute Gasteiger partial charge is 0.449 e. The van der Waals surface area contributed by atoms with Gasteiger partial charge in [-0.15, -0.1) is 0 Å². The Morgan fingerprint density at radius 1 is 0.708 bits per heavy atom. The average molecular weight is 1230 g/mol. The number of alkyl carbamates (subject to hydrolysis) is 1. The van der Waals surface area contributed by atoms with Gasteiger partial charge in [0.1, 0.15) is 37.4 Å². The molecule has 0 radical (unpaired) electrons. The van der Waals surface area contributed by atoms with Gasteiger partial charge in [0.2, 0.25) is 35.4 Å². The number of benzene rings is 3. The van der Waals surface area contributed by atoms with Crippen molar-refractivity contribution in [3.63, 3.8) is 0 Å². The van der Waals surface area contributed by atoms with Crippen LogP contribution in [-0.2, 0) is 54.3 Å². The van der Waals surface area contributed by atoms with Crippen molar-refractivity contribution >= 4 is 53.3 Å². The fourth-order valence-electron chi connectivity index (χ4n) is 12.5. The van der Waals surface area contributed by atoms with E-state index in [1.54, 1.807) is 81.1 Å². The number of ether oxygens (including phenoxy) is 4. The standard InChI is InChI=1S/C68H96N8O13/c1-15-42(6)59(55(86-13)36-56(77)76-35-23-28-54(76)60(87-14)44(8)61(78)69-43(7)37-68(85)33-21-16-22-34-68)74(11)65(82)57(40(2)3)73-64(81)58(41(4)5)75(12)67(84)89-38-47-29-31-48(32-30-47)72-63(80)45(9)70-62(79)46(10)71-66(83)88-39-53-51-26-19-17-24-49(51)50-25-18-20-27-52(50)53/h16-22,24-27,29-33,40-46,53-55,57-60,85H,15,23,28,34-39H2,1-14H3,(H,69,78)(H,70,79)(H,71,83)(H,72,80)(H,73,81)/t42-,43+,44+,45-,46-,54-,55+,57-,58-,59-,60+,68-/m0/s1. The van der Waals surface area contributed by atoms with Crippen molar-refractivity contribution in [1.82, 2.24) is 36.0 Å². The van der Waals surface area contributed by atoms with E-state index in [1.165, 1.54) is 32.9 Å². The molecule has 0 aromatic heterocycles. The summed E-state index contributed by atoms with van der Waals surface area (Å²) in [6.45, 7) is 18.2. The molecular formula is C68H96N8O13. The lowest BCUT2D eigenvalue weighted by Crippen LogP contribution is -2.60. The normalized spacial score (nSPS) is 19.4. The van der Waals surface area contributed by atoms with Crippen molar-refractivity contribution in [1.29, 1.82) is 0 Å². The molecule has 0 spiro atoms. The van der Waals surface area contributed by atoms with Gasteiger partial charge in [-0.2, -0.15) is 0 Å². The van der Waals surface area contributed by atoms with E-state index >= 15 is 0 Å². The first-order chi connectivity index (χ1) is 42.2. The van der Waals surface area contributed by atoms with Crippen LogP contribution in [0.3, 0.4) is 0 Å². The fourth-order valence-corrected chi connectivity index (χ4v) is 12.5. The molecule has 1 saturated heterocycles. The number of anilines is 1. The zero-order valence-electron chi connectivity index (χ0n) is 54.4. The smallest absolute Gasteiger partial charge is 0.410 e. The van der Waals surface area contributed by atoms with E-state index in [1.807, 2.05) is 95.3 Å².